The SMILES string of the molecule is C=Cc1c(N=C)c(N)nc2cc(C(F)(F)F)ccc12. The minimum atomic E-state index is -4.42. The highest BCUT2D eigenvalue weighted by Crippen LogP contribution is 2.36. The van der Waals surface area contributed by atoms with Crippen molar-refractivity contribution in [3.63, 3.8) is 0 Å². The molecule has 0 aliphatic rings. The Morgan fingerprint density at radius 3 is 2.53 bits per heavy atom. The fourth-order valence-electron chi connectivity index (χ4n) is 1.85. The summed E-state index contributed by atoms with van der Waals surface area (Å²) in [6.45, 7) is 6.97. The normalized spacial score (nSPS) is 11.5. The van der Waals surface area contributed by atoms with E-state index in [0.717, 1.165) is 12.1 Å². The quantitative estimate of drug-likeness (QED) is 0.839. The lowest BCUT2D eigenvalue weighted by Crippen LogP contribution is -2.05. The van der Waals surface area contributed by atoms with Crippen LogP contribution in [0.5, 0.6) is 0 Å². The molecule has 3 nitrogen and oxygen atoms in total. The molecule has 0 fully saturated rings. The Morgan fingerprint density at radius 1 is 1.32 bits per heavy atom. The van der Waals surface area contributed by atoms with Gasteiger partial charge in [-0.15, -0.1) is 0 Å². The van der Waals surface area contributed by atoms with Gasteiger partial charge in [-0.3, -0.25) is 4.99 Å². The number of rotatable bonds is 2. The Morgan fingerprint density at radius 2 is 2.00 bits per heavy atom. The summed E-state index contributed by atoms with van der Waals surface area (Å²) in [5.74, 6) is 0.0247. The molecule has 2 N–H and O–H groups in total. The maximum Gasteiger partial charge on any atom is 0.416 e. The van der Waals surface area contributed by atoms with Crippen LogP contribution >= 0.6 is 0 Å². The molecule has 1 heterocycles. The summed E-state index contributed by atoms with van der Waals surface area (Å²) < 4.78 is 37.9. The van der Waals surface area contributed by atoms with E-state index in [9.17, 15) is 13.2 Å². The molecule has 0 aliphatic carbocycles. The largest absolute Gasteiger partial charge is 0.416 e. The summed E-state index contributed by atoms with van der Waals surface area (Å²) in [5.41, 5.74) is 5.87. The topological polar surface area (TPSA) is 51.3 Å². The lowest BCUT2D eigenvalue weighted by Gasteiger charge is -2.11. The van der Waals surface area contributed by atoms with Crippen LogP contribution in [0.1, 0.15) is 11.1 Å². The standard InChI is InChI=1S/C13H10F3N3/c1-3-8-9-5-4-7(13(14,15)16)6-10(9)19-12(17)11(8)18-2/h3-6H,1-2H2,(H2,17,19). The maximum absolute atomic E-state index is 12.6. The van der Waals surface area contributed by atoms with E-state index in [4.69, 9.17) is 5.73 Å². The number of nitrogen functional groups attached to an aromatic ring is 1. The number of nitrogens with two attached hydrogens (primary N) is 1. The van der Waals surface area contributed by atoms with Crippen molar-refractivity contribution in [2.24, 2.45) is 4.99 Å². The Kier molecular flexibility index (Phi) is 3.01. The number of aromatic nitrogens is 1. The van der Waals surface area contributed by atoms with Gasteiger partial charge in [0.15, 0.2) is 5.82 Å². The minimum Gasteiger partial charge on any atom is -0.382 e. The van der Waals surface area contributed by atoms with Gasteiger partial charge < -0.3 is 5.73 Å². The van der Waals surface area contributed by atoms with Crippen molar-refractivity contribution in [3.8, 4) is 0 Å². The van der Waals surface area contributed by atoms with Gasteiger partial charge in [0.1, 0.15) is 5.69 Å². The second-order valence-corrected chi connectivity index (χ2v) is 3.85. The molecule has 0 radical (unpaired) electrons. The van der Waals surface area contributed by atoms with E-state index in [2.05, 4.69) is 23.3 Å². The third-order valence-corrected chi connectivity index (χ3v) is 2.72. The first-order valence-electron chi connectivity index (χ1n) is 5.28. The van der Waals surface area contributed by atoms with Gasteiger partial charge in [-0.1, -0.05) is 18.7 Å². The Labute approximate surface area is 107 Å². The van der Waals surface area contributed by atoms with Crippen LogP contribution in [0.2, 0.25) is 0 Å². The average molecular weight is 265 g/mol. The molecule has 0 atom stereocenters. The molecule has 0 saturated carbocycles. The number of anilines is 1. The number of alkyl halides is 3. The zero-order valence-electron chi connectivity index (χ0n) is 9.83. The van der Waals surface area contributed by atoms with Crippen molar-refractivity contribution in [3.05, 3.63) is 35.9 Å². The number of fused-ring (bicyclic) bond motifs is 1. The van der Waals surface area contributed by atoms with Gasteiger partial charge in [0.25, 0.3) is 0 Å². The average Bonchev–Trinajstić information content (AvgIpc) is 2.35. The molecule has 0 bridgehead atoms. The number of hydrogen-bond donors (Lipinski definition) is 1. The summed E-state index contributed by atoms with van der Waals surface area (Å²) in [7, 11) is 0. The molecule has 0 spiro atoms. The van der Waals surface area contributed by atoms with Crippen molar-refractivity contribution in [2.75, 3.05) is 5.73 Å². The Bertz CT molecular complexity index is 675. The Balaban J connectivity index is 2.83. The van der Waals surface area contributed by atoms with Crippen molar-refractivity contribution in [1.29, 1.82) is 0 Å². The molecular weight excluding hydrogens is 255 g/mol. The summed E-state index contributed by atoms with van der Waals surface area (Å²) in [6, 6.07) is 3.27. The molecule has 98 valence electrons. The second-order valence-electron chi connectivity index (χ2n) is 3.85. The van der Waals surface area contributed by atoms with Crippen LogP contribution in [-0.2, 0) is 6.18 Å². The first-order chi connectivity index (χ1) is 8.88. The fourth-order valence-corrected chi connectivity index (χ4v) is 1.85. The third kappa shape index (κ3) is 2.16. The van der Waals surface area contributed by atoms with E-state index in [1.807, 2.05) is 0 Å². The van der Waals surface area contributed by atoms with Crippen LogP contribution in [0, 0.1) is 0 Å². The van der Waals surface area contributed by atoms with Gasteiger partial charge in [0.05, 0.1) is 11.1 Å². The highest BCUT2D eigenvalue weighted by Gasteiger charge is 2.30. The second kappa shape index (κ2) is 4.38. The van der Waals surface area contributed by atoms with Crippen LogP contribution in [0.3, 0.4) is 0 Å². The molecule has 0 unspecified atom stereocenters. The number of pyridine rings is 1. The lowest BCUT2D eigenvalue weighted by atomic mass is 10.0. The maximum atomic E-state index is 12.6. The van der Waals surface area contributed by atoms with Crippen LogP contribution in [-0.4, -0.2) is 11.7 Å². The molecule has 6 heteroatoms. The predicted molar refractivity (Wildman–Crippen MR) is 70.5 cm³/mol. The van der Waals surface area contributed by atoms with E-state index in [1.54, 1.807) is 0 Å². The monoisotopic (exact) mass is 265 g/mol. The third-order valence-electron chi connectivity index (χ3n) is 2.72. The van der Waals surface area contributed by atoms with Gasteiger partial charge in [-0.05, 0) is 18.9 Å². The van der Waals surface area contributed by atoms with E-state index in [-0.39, 0.29) is 11.3 Å². The number of nitrogens with zero attached hydrogens (tertiary/aromatic N) is 2. The van der Waals surface area contributed by atoms with E-state index in [1.165, 1.54) is 12.1 Å². The molecule has 2 rings (SSSR count). The molecule has 0 saturated heterocycles. The number of benzene rings is 1. The first kappa shape index (κ1) is 13.1. The van der Waals surface area contributed by atoms with Gasteiger partial charge in [0, 0.05) is 10.9 Å². The van der Waals surface area contributed by atoms with Crippen molar-refractivity contribution in [1.82, 2.24) is 4.98 Å². The van der Waals surface area contributed by atoms with Crippen LogP contribution < -0.4 is 5.73 Å². The van der Waals surface area contributed by atoms with E-state index in [0.29, 0.717) is 16.6 Å². The van der Waals surface area contributed by atoms with Gasteiger partial charge in [-0.25, -0.2) is 4.98 Å². The molecular formula is C13H10F3N3. The van der Waals surface area contributed by atoms with Crippen LogP contribution in [0.15, 0.2) is 29.8 Å². The summed E-state index contributed by atoms with van der Waals surface area (Å²) >= 11 is 0. The van der Waals surface area contributed by atoms with Crippen LogP contribution in [0.4, 0.5) is 24.7 Å². The molecule has 1 aromatic heterocycles. The number of hydrogen-bond acceptors (Lipinski definition) is 3. The molecule has 1 aromatic carbocycles. The summed E-state index contributed by atoms with van der Waals surface area (Å²) in [6.07, 6.45) is -2.95. The van der Waals surface area contributed by atoms with Crippen molar-refractivity contribution < 1.29 is 13.2 Å². The van der Waals surface area contributed by atoms with Gasteiger partial charge >= 0.3 is 6.18 Å². The van der Waals surface area contributed by atoms with Crippen LogP contribution in [0.25, 0.3) is 17.0 Å². The molecule has 19 heavy (non-hydrogen) atoms. The summed E-state index contributed by atoms with van der Waals surface area (Å²) in [4.78, 5) is 7.66. The number of aliphatic imine (C=N–C) groups is 1. The molecule has 0 aliphatic heterocycles. The highest BCUT2D eigenvalue weighted by atomic mass is 19.4. The van der Waals surface area contributed by atoms with E-state index < -0.39 is 11.7 Å². The Hall–Kier alpha value is -2.37. The fraction of sp³-hybridized carbons (Fsp3) is 0.0769. The minimum absolute atomic E-state index is 0.0247. The zero-order chi connectivity index (χ0) is 14.2. The predicted octanol–water partition coefficient (Wildman–Crippen LogP) is 3.81. The zero-order valence-corrected chi connectivity index (χ0v) is 9.83. The van der Waals surface area contributed by atoms with E-state index >= 15 is 0 Å². The highest BCUT2D eigenvalue weighted by molar-refractivity contribution is 5.96. The smallest absolute Gasteiger partial charge is 0.382 e. The van der Waals surface area contributed by atoms with Crippen molar-refractivity contribution >= 4 is 35.2 Å². The summed E-state index contributed by atoms with van der Waals surface area (Å²) in [5, 5.41) is 0.500. The lowest BCUT2D eigenvalue weighted by molar-refractivity contribution is -0.137. The van der Waals surface area contributed by atoms with Crippen molar-refractivity contribution in [2.45, 2.75) is 6.18 Å². The first-order valence-corrected chi connectivity index (χ1v) is 5.28. The number of halogens is 3. The molecule has 2 aromatic rings. The van der Waals surface area contributed by atoms with Gasteiger partial charge in [-0.2, -0.15) is 13.2 Å². The van der Waals surface area contributed by atoms with Gasteiger partial charge in [0.2, 0.25) is 0 Å². The molecule has 0 amide bonds.